The van der Waals surface area contributed by atoms with Crippen molar-refractivity contribution < 1.29 is 0 Å². The van der Waals surface area contributed by atoms with E-state index in [0.717, 1.165) is 0 Å². The molecule has 2 heterocycles. The number of nitrogens with zero attached hydrogens (tertiary/aromatic N) is 3. The minimum Gasteiger partial charge on any atom is -0.313 e. The average molecular weight is 228 g/mol. The van der Waals surface area contributed by atoms with Gasteiger partial charge >= 0.3 is 0 Å². The highest BCUT2D eigenvalue weighted by Gasteiger charge is 2.09. The van der Waals surface area contributed by atoms with Gasteiger partial charge in [0.1, 0.15) is 11.2 Å². The predicted octanol–water partition coefficient (Wildman–Crippen LogP) is 1.77. The van der Waals surface area contributed by atoms with Crippen LogP contribution in [0.1, 0.15) is 19.5 Å². The largest absolute Gasteiger partial charge is 0.313 e. The van der Waals surface area contributed by atoms with E-state index in [1.807, 2.05) is 19.9 Å². The molecular formula is C12H12N4O. The first-order chi connectivity index (χ1) is 8.27. The second-order valence-electron chi connectivity index (χ2n) is 3.35. The van der Waals surface area contributed by atoms with Gasteiger partial charge in [0.25, 0.3) is 5.56 Å². The number of hydrogen-bond donors (Lipinski definition) is 1. The van der Waals surface area contributed by atoms with Crippen molar-refractivity contribution in [1.29, 1.82) is 0 Å². The molecule has 0 radical (unpaired) electrons. The van der Waals surface area contributed by atoms with Crippen LogP contribution in [0.3, 0.4) is 0 Å². The van der Waals surface area contributed by atoms with Crippen LogP contribution in [0.4, 0.5) is 0 Å². The Bertz CT molecular complexity index is 655. The number of aliphatic imine (C=N–C) groups is 1. The molecule has 1 N–H and O–H groups in total. The molecule has 17 heavy (non-hydrogen) atoms. The van der Waals surface area contributed by atoms with Crippen molar-refractivity contribution in [2.24, 2.45) is 4.99 Å². The number of hydrogen-bond acceptors (Lipinski definition) is 4. The van der Waals surface area contributed by atoms with Gasteiger partial charge in [0.05, 0.1) is 17.4 Å². The highest BCUT2D eigenvalue weighted by Crippen LogP contribution is 2.19. The summed E-state index contributed by atoms with van der Waals surface area (Å²) in [6, 6.07) is 1.65. The van der Waals surface area contributed by atoms with Gasteiger partial charge in [-0.2, -0.15) is 0 Å². The van der Waals surface area contributed by atoms with E-state index in [1.54, 1.807) is 18.5 Å². The molecule has 0 aliphatic carbocycles. The lowest BCUT2D eigenvalue weighted by Gasteiger charge is -2.03. The van der Waals surface area contributed by atoms with E-state index < -0.39 is 0 Å². The van der Waals surface area contributed by atoms with Crippen LogP contribution in [-0.2, 0) is 0 Å². The van der Waals surface area contributed by atoms with Crippen LogP contribution in [0.2, 0.25) is 0 Å². The van der Waals surface area contributed by atoms with E-state index in [2.05, 4.69) is 19.9 Å². The Kier molecular flexibility index (Phi) is 3.09. The fourth-order valence-corrected chi connectivity index (χ4v) is 1.60. The fourth-order valence-electron chi connectivity index (χ4n) is 1.60. The van der Waals surface area contributed by atoms with Gasteiger partial charge in [-0.15, -0.1) is 0 Å². The smallest absolute Gasteiger partial charge is 0.258 e. The molecule has 0 fully saturated rings. The molecule has 0 saturated carbocycles. The second kappa shape index (κ2) is 4.69. The zero-order valence-electron chi connectivity index (χ0n) is 9.64. The number of nitrogens with one attached hydrogen (secondary N) is 1. The summed E-state index contributed by atoms with van der Waals surface area (Å²) in [6.45, 7) is 3.70. The van der Waals surface area contributed by atoms with Crippen molar-refractivity contribution in [3.05, 3.63) is 40.7 Å². The highest BCUT2D eigenvalue weighted by atomic mass is 16.1. The molecule has 0 unspecified atom stereocenters. The maximum Gasteiger partial charge on any atom is 0.258 e. The summed E-state index contributed by atoms with van der Waals surface area (Å²) in [5.41, 5.74) is 1.72. The summed E-state index contributed by atoms with van der Waals surface area (Å²) < 4.78 is 0. The molecule has 0 spiro atoms. The van der Waals surface area contributed by atoms with Gasteiger partial charge in [-0.3, -0.25) is 14.8 Å². The SMILES string of the molecule is CC=N/C(=C\C)c1nccc2c(=O)[nH]cnc12. The van der Waals surface area contributed by atoms with Gasteiger partial charge in [-0.1, -0.05) is 6.08 Å². The van der Waals surface area contributed by atoms with E-state index in [9.17, 15) is 4.79 Å². The van der Waals surface area contributed by atoms with Crippen molar-refractivity contribution in [2.45, 2.75) is 13.8 Å². The number of rotatable bonds is 2. The standard InChI is InChI=1S/C12H12N4O/c1-3-9(13-4-2)11-10-8(5-6-14-11)12(17)16-7-15-10/h3-7H,1-2H3,(H,15,16,17)/b9-3-,13-4?. The Morgan fingerprint density at radius 2 is 2.24 bits per heavy atom. The quantitative estimate of drug-likeness (QED) is 0.796. The second-order valence-corrected chi connectivity index (χ2v) is 3.35. The third-order valence-corrected chi connectivity index (χ3v) is 2.34. The predicted molar refractivity (Wildman–Crippen MR) is 68.0 cm³/mol. The minimum absolute atomic E-state index is 0.172. The summed E-state index contributed by atoms with van der Waals surface area (Å²) in [7, 11) is 0. The van der Waals surface area contributed by atoms with E-state index >= 15 is 0 Å². The normalized spacial score (nSPS) is 12.5. The Morgan fingerprint density at radius 1 is 1.41 bits per heavy atom. The molecule has 0 amide bonds. The Labute approximate surface area is 98.0 Å². The van der Waals surface area contributed by atoms with E-state index in [1.165, 1.54) is 6.33 Å². The van der Waals surface area contributed by atoms with Crippen LogP contribution in [0.25, 0.3) is 16.6 Å². The molecular weight excluding hydrogens is 216 g/mol. The molecule has 0 saturated heterocycles. The maximum atomic E-state index is 11.6. The number of fused-ring (bicyclic) bond motifs is 1. The zero-order valence-corrected chi connectivity index (χ0v) is 9.64. The number of allylic oxidation sites excluding steroid dienone is 1. The molecule has 0 bridgehead atoms. The van der Waals surface area contributed by atoms with Gasteiger partial charge in [0, 0.05) is 12.4 Å². The first-order valence-electron chi connectivity index (χ1n) is 5.25. The van der Waals surface area contributed by atoms with Crippen molar-refractivity contribution in [2.75, 3.05) is 0 Å². The van der Waals surface area contributed by atoms with Crippen LogP contribution >= 0.6 is 0 Å². The van der Waals surface area contributed by atoms with E-state index in [0.29, 0.717) is 22.3 Å². The lowest BCUT2D eigenvalue weighted by atomic mass is 10.2. The zero-order chi connectivity index (χ0) is 12.3. The highest BCUT2D eigenvalue weighted by molar-refractivity contribution is 5.89. The lowest BCUT2D eigenvalue weighted by Crippen LogP contribution is -2.08. The first kappa shape index (κ1) is 11.2. The van der Waals surface area contributed by atoms with Gasteiger partial charge in [-0.25, -0.2) is 4.98 Å². The maximum absolute atomic E-state index is 11.6. The number of H-pyrrole nitrogens is 1. The van der Waals surface area contributed by atoms with Crippen LogP contribution < -0.4 is 5.56 Å². The van der Waals surface area contributed by atoms with Crippen molar-refractivity contribution in [3.8, 4) is 0 Å². The Hall–Kier alpha value is -2.30. The minimum atomic E-state index is -0.172. The average Bonchev–Trinajstić information content (AvgIpc) is 2.36. The molecule has 0 aromatic carbocycles. The summed E-state index contributed by atoms with van der Waals surface area (Å²) in [6.07, 6.45) is 6.48. The van der Waals surface area contributed by atoms with E-state index in [4.69, 9.17) is 0 Å². The molecule has 5 nitrogen and oxygen atoms in total. The third kappa shape index (κ3) is 1.99. The monoisotopic (exact) mass is 228 g/mol. The third-order valence-electron chi connectivity index (χ3n) is 2.34. The number of pyridine rings is 1. The summed E-state index contributed by atoms with van der Waals surface area (Å²) >= 11 is 0. The van der Waals surface area contributed by atoms with Gasteiger partial charge in [0.2, 0.25) is 0 Å². The molecule has 86 valence electrons. The topological polar surface area (TPSA) is 71.0 Å². The first-order valence-corrected chi connectivity index (χ1v) is 5.25. The summed E-state index contributed by atoms with van der Waals surface area (Å²) in [5.74, 6) is 0. The van der Waals surface area contributed by atoms with Crippen LogP contribution in [0.15, 0.2) is 34.5 Å². The van der Waals surface area contributed by atoms with Crippen molar-refractivity contribution in [3.63, 3.8) is 0 Å². The summed E-state index contributed by atoms with van der Waals surface area (Å²) in [4.78, 5) is 26.8. The lowest BCUT2D eigenvalue weighted by molar-refractivity contribution is 1.15. The van der Waals surface area contributed by atoms with Gasteiger partial charge < -0.3 is 4.98 Å². The van der Waals surface area contributed by atoms with E-state index in [-0.39, 0.29) is 5.56 Å². The Balaban J connectivity index is 2.79. The van der Waals surface area contributed by atoms with Gasteiger partial charge in [0.15, 0.2) is 0 Å². The molecule has 2 rings (SSSR count). The van der Waals surface area contributed by atoms with Crippen LogP contribution in [-0.4, -0.2) is 21.2 Å². The van der Waals surface area contributed by atoms with Crippen molar-refractivity contribution in [1.82, 2.24) is 15.0 Å². The molecule has 0 aliphatic rings. The Morgan fingerprint density at radius 3 is 2.94 bits per heavy atom. The van der Waals surface area contributed by atoms with Crippen LogP contribution in [0, 0.1) is 0 Å². The number of aromatic amines is 1. The number of aromatic nitrogens is 3. The van der Waals surface area contributed by atoms with Crippen molar-refractivity contribution >= 4 is 22.8 Å². The van der Waals surface area contributed by atoms with Crippen LogP contribution in [0.5, 0.6) is 0 Å². The molecule has 0 aliphatic heterocycles. The molecule has 5 heteroatoms. The summed E-state index contributed by atoms with van der Waals surface area (Å²) in [5, 5.41) is 0.517. The van der Waals surface area contributed by atoms with Gasteiger partial charge in [-0.05, 0) is 19.9 Å². The molecule has 0 atom stereocenters. The fraction of sp³-hybridized carbons (Fsp3) is 0.167. The molecule has 2 aromatic heterocycles. The molecule has 2 aromatic rings.